The predicted molar refractivity (Wildman–Crippen MR) is 73.2 cm³/mol. The number of H-pyrrole nitrogens is 1. The molecule has 0 radical (unpaired) electrons. The van der Waals surface area contributed by atoms with Crippen LogP contribution in [0.4, 0.5) is 5.69 Å². The number of aromatic amines is 1. The average Bonchev–Trinajstić information content (AvgIpc) is 2.98. The van der Waals surface area contributed by atoms with Crippen LogP contribution >= 0.6 is 11.6 Å². The SMILES string of the molecule is Cc1ncc(S(=O)(=O)Nc2cccc3c(Cl)[nH]nc23)o1. The topological polar surface area (TPSA) is 101 Å². The number of anilines is 1. The summed E-state index contributed by atoms with van der Waals surface area (Å²) in [5.74, 6) is 0.270. The third kappa shape index (κ3) is 2.12. The summed E-state index contributed by atoms with van der Waals surface area (Å²) < 4.78 is 31.7. The van der Waals surface area contributed by atoms with Gasteiger partial charge in [-0.2, -0.15) is 13.5 Å². The largest absolute Gasteiger partial charge is 0.428 e. The number of para-hydroxylation sites is 1. The lowest BCUT2D eigenvalue weighted by molar-refractivity contribution is 0.424. The molecule has 2 N–H and O–H groups in total. The molecule has 20 heavy (non-hydrogen) atoms. The molecule has 0 aliphatic rings. The fourth-order valence-corrected chi connectivity index (χ4v) is 2.92. The Morgan fingerprint density at radius 1 is 1.40 bits per heavy atom. The molecule has 0 spiro atoms. The van der Waals surface area contributed by atoms with Crippen LogP contribution in [0.3, 0.4) is 0 Å². The zero-order chi connectivity index (χ0) is 14.3. The molecule has 9 heteroatoms. The number of sulfonamides is 1. The number of fused-ring (bicyclic) bond motifs is 1. The van der Waals surface area contributed by atoms with E-state index in [1.165, 1.54) is 0 Å². The van der Waals surface area contributed by atoms with E-state index in [-0.39, 0.29) is 11.0 Å². The lowest BCUT2D eigenvalue weighted by atomic mass is 10.2. The molecule has 2 aromatic heterocycles. The molecule has 0 aliphatic heterocycles. The number of hydrogen-bond donors (Lipinski definition) is 2. The van der Waals surface area contributed by atoms with Gasteiger partial charge in [0.25, 0.3) is 15.1 Å². The minimum absolute atomic E-state index is 0.256. The van der Waals surface area contributed by atoms with E-state index in [1.54, 1.807) is 25.1 Å². The van der Waals surface area contributed by atoms with Crippen molar-refractivity contribution >= 4 is 38.2 Å². The molecular weight excluding hydrogens is 304 g/mol. The second-order valence-corrected chi connectivity index (χ2v) is 6.03. The average molecular weight is 313 g/mol. The molecule has 2 heterocycles. The van der Waals surface area contributed by atoms with Crippen LogP contribution in [0, 0.1) is 6.92 Å². The van der Waals surface area contributed by atoms with E-state index < -0.39 is 10.0 Å². The fraction of sp³-hybridized carbons (Fsp3) is 0.0909. The number of benzene rings is 1. The van der Waals surface area contributed by atoms with Gasteiger partial charge < -0.3 is 4.42 Å². The third-order valence-electron chi connectivity index (χ3n) is 2.65. The monoisotopic (exact) mass is 312 g/mol. The Balaban J connectivity index is 2.05. The van der Waals surface area contributed by atoms with Crippen molar-refractivity contribution in [2.75, 3.05) is 4.72 Å². The molecule has 0 saturated carbocycles. The first-order valence-electron chi connectivity index (χ1n) is 5.55. The Bertz CT molecular complexity index is 884. The number of aryl methyl sites for hydroxylation is 1. The third-order valence-corrected chi connectivity index (χ3v) is 4.14. The quantitative estimate of drug-likeness (QED) is 0.773. The maximum Gasteiger partial charge on any atom is 0.297 e. The van der Waals surface area contributed by atoms with Crippen LogP contribution in [0.25, 0.3) is 10.9 Å². The smallest absolute Gasteiger partial charge is 0.297 e. The molecule has 0 fully saturated rings. The number of hydrogen-bond acceptors (Lipinski definition) is 5. The van der Waals surface area contributed by atoms with Crippen molar-refractivity contribution in [2.24, 2.45) is 0 Å². The number of oxazole rings is 1. The highest BCUT2D eigenvalue weighted by Gasteiger charge is 2.21. The fourth-order valence-electron chi connectivity index (χ4n) is 1.75. The molecule has 0 atom stereocenters. The summed E-state index contributed by atoms with van der Waals surface area (Å²) in [6.07, 6.45) is 1.15. The molecule has 0 bridgehead atoms. The lowest BCUT2D eigenvalue weighted by Crippen LogP contribution is -2.12. The molecule has 3 rings (SSSR count). The Morgan fingerprint density at radius 3 is 2.90 bits per heavy atom. The van der Waals surface area contributed by atoms with E-state index in [9.17, 15) is 8.42 Å². The van der Waals surface area contributed by atoms with E-state index in [0.29, 0.717) is 21.7 Å². The molecule has 3 aromatic rings. The van der Waals surface area contributed by atoms with Crippen molar-refractivity contribution in [1.82, 2.24) is 15.2 Å². The maximum absolute atomic E-state index is 12.1. The van der Waals surface area contributed by atoms with Gasteiger partial charge in [-0.1, -0.05) is 17.7 Å². The second kappa shape index (κ2) is 4.50. The van der Waals surface area contributed by atoms with Crippen LogP contribution in [0.5, 0.6) is 0 Å². The van der Waals surface area contributed by atoms with Crippen molar-refractivity contribution in [3.63, 3.8) is 0 Å². The predicted octanol–water partition coefficient (Wildman–Crippen LogP) is 2.31. The number of nitrogens with one attached hydrogen (secondary N) is 2. The Labute approximate surface area is 119 Å². The summed E-state index contributed by atoms with van der Waals surface area (Å²) in [6.45, 7) is 1.56. The highest BCUT2D eigenvalue weighted by molar-refractivity contribution is 7.92. The van der Waals surface area contributed by atoms with Crippen molar-refractivity contribution in [1.29, 1.82) is 0 Å². The summed E-state index contributed by atoms with van der Waals surface area (Å²) in [6, 6.07) is 4.99. The number of rotatable bonds is 3. The Morgan fingerprint density at radius 2 is 2.20 bits per heavy atom. The molecule has 1 aromatic carbocycles. The van der Waals surface area contributed by atoms with Crippen molar-refractivity contribution in [3.05, 3.63) is 35.4 Å². The van der Waals surface area contributed by atoms with Gasteiger partial charge in [0, 0.05) is 12.3 Å². The zero-order valence-corrected chi connectivity index (χ0v) is 11.8. The second-order valence-electron chi connectivity index (χ2n) is 4.04. The van der Waals surface area contributed by atoms with Gasteiger partial charge >= 0.3 is 0 Å². The summed E-state index contributed by atoms with van der Waals surface area (Å²) in [5, 5.41) is 7.28. The van der Waals surface area contributed by atoms with Gasteiger partial charge in [-0.25, -0.2) is 4.98 Å². The van der Waals surface area contributed by atoms with Gasteiger partial charge in [-0.3, -0.25) is 9.82 Å². The van der Waals surface area contributed by atoms with E-state index in [1.807, 2.05) is 0 Å². The molecule has 0 unspecified atom stereocenters. The molecule has 0 amide bonds. The van der Waals surface area contributed by atoms with Crippen LogP contribution in [0.1, 0.15) is 5.89 Å². The van der Waals surface area contributed by atoms with Crippen LogP contribution < -0.4 is 4.72 Å². The minimum atomic E-state index is -3.85. The molecule has 0 aliphatic carbocycles. The number of halogens is 1. The number of nitrogens with zero attached hydrogens (tertiary/aromatic N) is 2. The minimum Gasteiger partial charge on any atom is -0.428 e. The number of aromatic nitrogens is 3. The van der Waals surface area contributed by atoms with Crippen LogP contribution in [-0.4, -0.2) is 23.6 Å². The van der Waals surface area contributed by atoms with E-state index in [4.69, 9.17) is 16.0 Å². The van der Waals surface area contributed by atoms with Crippen molar-refractivity contribution < 1.29 is 12.8 Å². The van der Waals surface area contributed by atoms with Gasteiger partial charge in [-0.15, -0.1) is 0 Å². The summed E-state index contributed by atoms with van der Waals surface area (Å²) in [5.41, 5.74) is 0.733. The van der Waals surface area contributed by atoms with E-state index in [2.05, 4.69) is 19.9 Å². The zero-order valence-electron chi connectivity index (χ0n) is 10.2. The van der Waals surface area contributed by atoms with Gasteiger partial charge in [0.05, 0.1) is 11.9 Å². The van der Waals surface area contributed by atoms with Gasteiger partial charge in [0.1, 0.15) is 10.7 Å². The highest BCUT2D eigenvalue weighted by Crippen LogP contribution is 2.28. The summed E-state index contributed by atoms with van der Waals surface area (Å²) in [4.78, 5) is 3.76. The standard InChI is InChI=1S/C11H9ClN4O3S/c1-6-13-5-9(19-6)20(17,18)16-8-4-2-3-7-10(8)14-15-11(7)12/h2-5,16H,1H3,(H,14,15). The first kappa shape index (κ1) is 12.9. The van der Waals surface area contributed by atoms with Crippen molar-refractivity contribution in [3.8, 4) is 0 Å². The highest BCUT2D eigenvalue weighted by atomic mass is 35.5. The summed E-state index contributed by atoms with van der Waals surface area (Å²) >= 11 is 5.91. The molecule has 0 saturated heterocycles. The van der Waals surface area contributed by atoms with E-state index in [0.717, 1.165) is 6.20 Å². The molecule has 7 nitrogen and oxygen atoms in total. The lowest BCUT2D eigenvalue weighted by Gasteiger charge is -2.05. The Hall–Kier alpha value is -2.06. The van der Waals surface area contributed by atoms with Gasteiger partial charge in [0.15, 0.2) is 5.89 Å². The maximum atomic E-state index is 12.1. The van der Waals surface area contributed by atoms with E-state index >= 15 is 0 Å². The van der Waals surface area contributed by atoms with Crippen LogP contribution in [0.2, 0.25) is 5.15 Å². The summed E-state index contributed by atoms with van der Waals surface area (Å²) in [7, 11) is -3.85. The van der Waals surface area contributed by atoms with Gasteiger partial charge in [-0.05, 0) is 12.1 Å². The van der Waals surface area contributed by atoms with Crippen molar-refractivity contribution in [2.45, 2.75) is 12.0 Å². The molecule has 104 valence electrons. The normalized spacial score (nSPS) is 11.9. The van der Waals surface area contributed by atoms with Gasteiger partial charge in [0.2, 0.25) is 0 Å². The van der Waals surface area contributed by atoms with Crippen LogP contribution in [-0.2, 0) is 10.0 Å². The van der Waals surface area contributed by atoms with Crippen LogP contribution in [0.15, 0.2) is 33.9 Å². The Kier molecular flexibility index (Phi) is 2.91. The first-order chi connectivity index (χ1) is 9.47. The first-order valence-corrected chi connectivity index (χ1v) is 7.41. The molecular formula is C11H9ClN4O3S.